The minimum Gasteiger partial charge on any atom is -0.484 e. The van der Waals surface area contributed by atoms with E-state index in [-0.39, 0.29) is 29.3 Å². The monoisotopic (exact) mass is 435 g/mol. The van der Waals surface area contributed by atoms with E-state index in [2.05, 4.69) is 10.4 Å². The van der Waals surface area contributed by atoms with Crippen LogP contribution in [0.25, 0.3) is 0 Å². The Morgan fingerprint density at radius 3 is 2.55 bits per heavy atom. The first-order valence-corrected chi connectivity index (χ1v) is 10.4. The lowest BCUT2D eigenvalue weighted by atomic mass is 9.38. The topological polar surface area (TPSA) is 73.2 Å². The van der Waals surface area contributed by atoms with Crippen molar-refractivity contribution in [2.24, 2.45) is 12.5 Å². The largest absolute Gasteiger partial charge is 0.484 e. The van der Waals surface area contributed by atoms with Crippen molar-refractivity contribution < 1.29 is 14.3 Å². The standard InChI is InChI=1S/C21H23Cl2N3O3/c1-3-13-6-17(26(2)25-13)18(27)8-20-10-21(11-20,12-20)24-19(28)9-29-14-4-5-15(22)16(23)7-14/h4-7H,3,8-12H2,1-2H3,(H,24,28). The molecule has 3 fully saturated rings. The van der Waals surface area contributed by atoms with Crippen LogP contribution >= 0.6 is 23.2 Å². The lowest BCUT2D eigenvalue weighted by Gasteiger charge is -2.70. The summed E-state index contributed by atoms with van der Waals surface area (Å²) in [6.45, 7) is 1.94. The average molecular weight is 436 g/mol. The quantitative estimate of drug-likeness (QED) is 0.636. The van der Waals surface area contributed by atoms with Crippen LogP contribution in [-0.2, 0) is 18.3 Å². The van der Waals surface area contributed by atoms with Gasteiger partial charge in [0.2, 0.25) is 0 Å². The molecule has 1 aromatic heterocycles. The Hall–Kier alpha value is -2.05. The number of rotatable bonds is 8. The maximum Gasteiger partial charge on any atom is 0.258 e. The number of aryl methyl sites for hydroxylation is 2. The van der Waals surface area contributed by atoms with E-state index in [9.17, 15) is 9.59 Å². The Kier molecular flexibility index (Phi) is 5.11. The number of ether oxygens (including phenoxy) is 1. The minimum absolute atomic E-state index is 0.0194. The van der Waals surface area contributed by atoms with Crippen molar-refractivity contribution >= 4 is 34.9 Å². The molecule has 0 aliphatic heterocycles. The number of aromatic nitrogens is 2. The Morgan fingerprint density at radius 2 is 1.93 bits per heavy atom. The molecule has 1 amide bonds. The van der Waals surface area contributed by atoms with Gasteiger partial charge in [-0.05, 0) is 49.3 Å². The summed E-state index contributed by atoms with van der Waals surface area (Å²) in [4.78, 5) is 24.9. The van der Waals surface area contributed by atoms with Gasteiger partial charge in [-0.2, -0.15) is 5.10 Å². The summed E-state index contributed by atoms with van der Waals surface area (Å²) in [6, 6.07) is 6.77. The summed E-state index contributed by atoms with van der Waals surface area (Å²) in [5, 5.41) is 8.24. The van der Waals surface area contributed by atoms with E-state index in [1.807, 2.05) is 20.0 Å². The van der Waals surface area contributed by atoms with Gasteiger partial charge in [-0.25, -0.2) is 0 Å². The van der Waals surface area contributed by atoms with Crippen molar-refractivity contribution in [1.82, 2.24) is 15.1 Å². The van der Waals surface area contributed by atoms with Crippen LogP contribution in [0.1, 0.15) is 48.8 Å². The zero-order valence-corrected chi connectivity index (χ0v) is 17.9. The maximum absolute atomic E-state index is 12.7. The molecule has 0 radical (unpaired) electrons. The SMILES string of the molecule is CCc1cc(C(=O)CC23CC(NC(=O)COc4ccc(Cl)c(Cl)c4)(C2)C3)n(C)n1. The van der Waals surface area contributed by atoms with Crippen LogP contribution in [0.4, 0.5) is 0 Å². The normalized spacial score (nSPS) is 24.4. The molecule has 6 nitrogen and oxygen atoms in total. The van der Waals surface area contributed by atoms with Crippen LogP contribution in [0.5, 0.6) is 5.75 Å². The fraction of sp³-hybridized carbons (Fsp3) is 0.476. The molecule has 2 bridgehead atoms. The van der Waals surface area contributed by atoms with Crippen molar-refractivity contribution in [3.05, 3.63) is 45.7 Å². The molecule has 2 aromatic rings. The maximum atomic E-state index is 12.7. The van der Waals surface area contributed by atoms with Crippen molar-refractivity contribution in [2.45, 2.75) is 44.6 Å². The molecule has 5 rings (SSSR count). The van der Waals surface area contributed by atoms with Crippen LogP contribution in [0.15, 0.2) is 24.3 Å². The van der Waals surface area contributed by atoms with E-state index < -0.39 is 0 Å². The second-order valence-corrected chi connectivity index (χ2v) is 9.14. The van der Waals surface area contributed by atoms with Gasteiger partial charge in [0, 0.05) is 25.1 Å². The number of Topliss-reactive ketones (excluding diaryl/α,β-unsaturated/α-hetero) is 1. The van der Waals surface area contributed by atoms with Crippen molar-refractivity contribution in [3.8, 4) is 5.75 Å². The summed E-state index contributed by atoms with van der Waals surface area (Å²) < 4.78 is 7.16. The van der Waals surface area contributed by atoms with Crippen LogP contribution in [0.2, 0.25) is 10.0 Å². The van der Waals surface area contributed by atoms with E-state index in [1.54, 1.807) is 22.9 Å². The third kappa shape index (κ3) is 3.88. The van der Waals surface area contributed by atoms with Gasteiger partial charge in [0.1, 0.15) is 11.4 Å². The molecule has 0 atom stereocenters. The first kappa shape index (κ1) is 20.2. The molecule has 3 aliphatic carbocycles. The number of amides is 1. The smallest absolute Gasteiger partial charge is 0.258 e. The van der Waals surface area contributed by atoms with Crippen LogP contribution in [-0.4, -0.2) is 33.6 Å². The summed E-state index contributed by atoms with van der Waals surface area (Å²) in [7, 11) is 1.81. The number of carbonyl (C=O) groups is 2. The van der Waals surface area contributed by atoms with Gasteiger partial charge < -0.3 is 10.1 Å². The lowest BCUT2D eigenvalue weighted by Crippen LogP contribution is -2.75. The Balaban J connectivity index is 1.25. The highest BCUT2D eigenvalue weighted by Crippen LogP contribution is 2.69. The van der Waals surface area contributed by atoms with Crippen LogP contribution in [0.3, 0.4) is 0 Å². The predicted octanol–water partition coefficient (Wildman–Crippen LogP) is 3.98. The number of ketones is 1. The first-order valence-electron chi connectivity index (χ1n) is 9.68. The van der Waals surface area contributed by atoms with E-state index in [4.69, 9.17) is 27.9 Å². The van der Waals surface area contributed by atoms with Crippen molar-refractivity contribution in [1.29, 1.82) is 0 Å². The molecule has 1 N–H and O–H groups in total. The van der Waals surface area contributed by atoms with Crippen LogP contribution < -0.4 is 10.1 Å². The van der Waals surface area contributed by atoms with Gasteiger partial charge in [-0.15, -0.1) is 0 Å². The van der Waals surface area contributed by atoms with Crippen molar-refractivity contribution in [3.63, 3.8) is 0 Å². The van der Waals surface area contributed by atoms with Gasteiger partial charge >= 0.3 is 0 Å². The Bertz CT molecular complexity index is 966. The fourth-order valence-electron chi connectivity index (χ4n) is 4.76. The second kappa shape index (κ2) is 7.33. The number of benzene rings is 1. The van der Waals surface area contributed by atoms with Gasteiger partial charge in [-0.3, -0.25) is 14.3 Å². The highest BCUT2D eigenvalue weighted by molar-refractivity contribution is 6.42. The number of carbonyl (C=O) groups excluding carboxylic acids is 2. The average Bonchev–Trinajstić information content (AvgIpc) is 3.01. The van der Waals surface area contributed by atoms with E-state index >= 15 is 0 Å². The lowest BCUT2D eigenvalue weighted by molar-refractivity contribution is -0.164. The number of halogens is 2. The van der Waals surface area contributed by atoms with Gasteiger partial charge in [-0.1, -0.05) is 30.1 Å². The number of nitrogens with one attached hydrogen (secondary N) is 1. The first-order chi connectivity index (χ1) is 13.7. The zero-order valence-electron chi connectivity index (χ0n) is 16.4. The third-order valence-electron chi connectivity index (χ3n) is 5.92. The number of nitrogens with zero attached hydrogens (tertiary/aromatic N) is 2. The van der Waals surface area contributed by atoms with E-state index in [1.165, 1.54) is 0 Å². The van der Waals surface area contributed by atoms with E-state index in [0.29, 0.717) is 27.9 Å². The zero-order chi connectivity index (χ0) is 20.8. The summed E-state index contributed by atoms with van der Waals surface area (Å²) in [5.41, 5.74) is 1.43. The molecule has 0 spiro atoms. The third-order valence-corrected chi connectivity index (χ3v) is 6.66. The summed E-state index contributed by atoms with van der Waals surface area (Å²) >= 11 is 11.8. The number of hydrogen-bond donors (Lipinski definition) is 1. The minimum atomic E-state index is -0.181. The molecular formula is C21H23Cl2N3O3. The molecule has 1 heterocycles. The van der Waals surface area contributed by atoms with Gasteiger partial charge in [0.05, 0.1) is 15.7 Å². The van der Waals surface area contributed by atoms with E-state index in [0.717, 1.165) is 31.4 Å². The van der Waals surface area contributed by atoms with Gasteiger partial charge in [0.15, 0.2) is 12.4 Å². The summed E-state index contributed by atoms with van der Waals surface area (Å²) in [5.74, 6) is 0.453. The molecular weight excluding hydrogens is 413 g/mol. The fourth-order valence-corrected chi connectivity index (χ4v) is 5.05. The molecule has 0 saturated heterocycles. The summed E-state index contributed by atoms with van der Waals surface area (Å²) in [6.07, 6.45) is 3.83. The van der Waals surface area contributed by atoms with Gasteiger partial charge in [0.25, 0.3) is 5.91 Å². The molecule has 8 heteroatoms. The Labute approximate surface area is 179 Å². The van der Waals surface area contributed by atoms with Crippen LogP contribution in [0, 0.1) is 5.41 Å². The molecule has 3 saturated carbocycles. The Morgan fingerprint density at radius 1 is 1.21 bits per heavy atom. The molecule has 1 aromatic carbocycles. The highest BCUT2D eigenvalue weighted by atomic mass is 35.5. The van der Waals surface area contributed by atoms with Crippen molar-refractivity contribution in [2.75, 3.05) is 6.61 Å². The highest BCUT2D eigenvalue weighted by Gasteiger charge is 2.68. The molecule has 3 aliphatic rings. The molecule has 154 valence electrons. The predicted molar refractivity (Wildman–Crippen MR) is 111 cm³/mol. The molecule has 29 heavy (non-hydrogen) atoms. The molecule has 0 unspecified atom stereocenters. The second-order valence-electron chi connectivity index (χ2n) is 8.32. The number of hydrogen-bond acceptors (Lipinski definition) is 4.